The third-order valence-electron chi connectivity index (χ3n) is 3.00. The minimum atomic E-state index is -0.308. The van der Waals surface area contributed by atoms with E-state index >= 15 is 0 Å². The number of carbonyl (C=O) groups excluding carboxylic acids is 1. The van der Waals surface area contributed by atoms with Crippen molar-refractivity contribution in [3.05, 3.63) is 37.2 Å². The number of carbonyl (C=O) groups is 1. The third-order valence-corrected chi connectivity index (χ3v) is 5.59. The molecule has 1 aromatic heterocycles. The molecule has 0 atom stereocenters. The number of halogens is 2. The Morgan fingerprint density at radius 2 is 2.29 bits per heavy atom. The van der Waals surface area contributed by atoms with Crippen molar-refractivity contribution in [3.63, 3.8) is 0 Å². The zero-order valence-electron chi connectivity index (χ0n) is 13.0. The summed E-state index contributed by atoms with van der Waals surface area (Å²) in [6.45, 7) is 4.00. The predicted molar refractivity (Wildman–Crippen MR) is 102 cm³/mol. The highest BCUT2D eigenvalue weighted by molar-refractivity contribution is 9.11. The molecule has 128 valence electrons. The molecule has 2 N–H and O–H groups in total. The van der Waals surface area contributed by atoms with Crippen LogP contribution in [-0.4, -0.2) is 28.9 Å². The minimum Gasteiger partial charge on any atom is -0.506 e. The highest BCUT2D eigenvalue weighted by Gasteiger charge is 2.11. The van der Waals surface area contributed by atoms with Crippen molar-refractivity contribution in [1.82, 2.24) is 4.98 Å². The van der Waals surface area contributed by atoms with Gasteiger partial charge in [0.2, 0.25) is 5.13 Å². The molecule has 0 spiro atoms. The number of esters is 1. The lowest BCUT2D eigenvalue weighted by atomic mass is 10.1. The Morgan fingerprint density at radius 3 is 3.00 bits per heavy atom. The summed E-state index contributed by atoms with van der Waals surface area (Å²) in [6.07, 6.45) is 1.63. The van der Waals surface area contributed by atoms with Crippen molar-refractivity contribution in [1.29, 1.82) is 0 Å². The first-order valence-electron chi connectivity index (χ1n) is 6.99. The van der Waals surface area contributed by atoms with E-state index in [0.29, 0.717) is 27.5 Å². The van der Waals surface area contributed by atoms with E-state index in [9.17, 15) is 9.90 Å². The van der Waals surface area contributed by atoms with Gasteiger partial charge in [-0.2, -0.15) is 5.10 Å². The van der Waals surface area contributed by atoms with Gasteiger partial charge in [-0.05, 0) is 41.4 Å². The minimum absolute atomic E-state index is 0.114. The number of benzene rings is 1. The topological polar surface area (TPSA) is 83.8 Å². The van der Waals surface area contributed by atoms with Crippen LogP contribution in [0.4, 0.5) is 5.13 Å². The SMILES string of the molecule is CCOC(=O)Cc1csc(NN=Cc2cc(Br)c(C)c(Br)c2O)n1. The second-order valence-corrected chi connectivity index (χ2v) is 7.24. The van der Waals surface area contributed by atoms with Gasteiger partial charge < -0.3 is 9.84 Å². The van der Waals surface area contributed by atoms with E-state index in [-0.39, 0.29) is 18.1 Å². The highest BCUT2D eigenvalue weighted by Crippen LogP contribution is 2.35. The predicted octanol–water partition coefficient (Wildman–Crippen LogP) is 4.23. The molecule has 6 nitrogen and oxygen atoms in total. The normalized spacial score (nSPS) is 11.0. The van der Waals surface area contributed by atoms with Crippen LogP contribution >= 0.6 is 43.2 Å². The second kappa shape index (κ2) is 8.59. The number of nitrogens with zero attached hydrogens (tertiary/aromatic N) is 2. The lowest BCUT2D eigenvalue weighted by molar-refractivity contribution is -0.142. The Bertz CT molecular complexity index is 778. The van der Waals surface area contributed by atoms with Crippen LogP contribution in [0.5, 0.6) is 5.75 Å². The van der Waals surface area contributed by atoms with Gasteiger partial charge in [0.05, 0.1) is 29.4 Å². The molecular formula is C15H15Br2N3O3S. The molecule has 0 aliphatic rings. The molecule has 0 amide bonds. The Hall–Kier alpha value is -1.45. The molecule has 9 heteroatoms. The van der Waals surface area contributed by atoms with Crippen molar-refractivity contribution in [2.75, 3.05) is 12.0 Å². The molecule has 24 heavy (non-hydrogen) atoms. The van der Waals surface area contributed by atoms with Crippen LogP contribution in [0.3, 0.4) is 0 Å². The fourth-order valence-corrected chi connectivity index (χ4v) is 3.59. The van der Waals surface area contributed by atoms with Crippen LogP contribution in [0.2, 0.25) is 0 Å². The number of phenols is 1. The van der Waals surface area contributed by atoms with Gasteiger partial charge in [-0.1, -0.05) is 15.9 Å². The van der Waals surface area contributed by atoms with E-state index in [2.05, 4.69) is 47.4 Å². The smallest absolute Gasteiger partial charge is 0.311 e. The molecule has 0 aliphatic carbocycles. The summed E-state index contributed by atoms with van der Waals surface area (Å²) in [4.78, 5) is 15.7. The summed E-state index contributed by atoms with van der Waals surface area (Å²) in [5.41, 5.74) is 4.86. The summed E-state index contributed by atoms with van der Waals surface area (Å²) in [5, 5.41) is 16.5. The van der Waals surface area contributed by atoms with Crippen molar-refractivity contribution in [2.24, 2.45) is 5.10 Å². The number of aromatic hydroxyl groups is 1. The number of thiazole rings is 1. The van der Waals surface area contributed by atoms with Crippen LogP contribution in [0.25, 0.3) is 0 Å². The number of anilines is 1. The molecule has 2 aromatic rings. The van der Waals surface area contributed by atoms with Crippen molar-refractivity contribution in [3.8, 4) is 5.75 Å². The maximum atomic E-state index is 11.4. The zero-order chi connectivity index (χ0) is 17.7. The van der Waals surface area contributed by atoms with E-state index in [1.54, 1.807) is 18.4 Å². The second-order valence-electron chi connectivity index (χ2n) is 4.73. The number of rotatable bonds is 6. The van der Waals surface area contributed by atoms with E-state index in [0.717, 1.165) is 10.0 Å². The Labute approximate surface area is 160 Å². The largest absolute Gasteiger partial charge is 0.506 e. The summed E-state index contributed by atoms with van der Waals surface area (Å²) >= 11 is 8.10. The Kier molecular flexibility index (Phi) is 6.76. The summed E-state index contributed by atoms with van der Waals surface area (Å²) in [7, 11) is 0. The van der Waals surface area contributed by atoms with E-state index in [1.807, 2.05) is 6.92 Å². The first-order valence-corrected chi connectivity index (χ1v) is 9.45. The van der Waals surface area contributed by atoms with Crippen molar-refractivity contribution < 1.29 is 14.6 Å². The fraction of sp³-hybridized carbons (Fsp3) is 0.267. The summed E-state index contributed by atoms with van der Waals surface area (Å²) in [5.74, 6) is -0.194. The first kappa shape index (κ1) is 18.9. The molecule has 0 fully saturated rings. The molecule has 0 saturated carbocycles. The van der Waals surface area contributed by atoms with Crippen LogP contribution in [-0.2, 0) is 16.0 Å². The lowest BCUT2D eigenvalue weighted by Crippen LogP contribution is -2.07. The zero-order valence-corrected chi connectivity index (χ0v) is 17.0. The fourth-order valence-electron chi connectivity index (χ4n) is 1.78. The number of hydrogen-bond donors (Lipinski definition) is 2. The van der Waals surface area contributed by atoms with Gasteiger partial charge in [0.15, 0.2) is 0 Å². The Balaban J connectivity index is 2.03. The maximum absolute atomic E-state index is 11.4. The van der Waals surface area contributed by atoms with Gasteiger partial charge >= 0.3 is 5.97 Å². The van der Waals surface area contributed by atoms with Crippen LogP contribution in [0.15, 0.2) is 25.5 Å². The first-order chi connectivity index (χ1) is 11.4. The standard InChI is InChI=1S/C15H15Br2N3O3S/c1-3-23-12(21)5-10-7-24-15(19-10)20-18-6-9-4-11(16)8(2)13(17)14(9)22/h4,6-7,22H,3,5H2,1-2H3,(H,19,20). The van der Waals surface area contributed by atoms with E-state index in [1.165, 1.54) is 17.6 Å². The Morgan fingerprint density at radius 1 is 1.54 bits per heavy atom. The van der Waals surface area contributed by atoms with Gasteiger partial charge in [0, 0.05) is 15.4 Å². The van der Waals surface area contributed by atoms with Crippen molar-refractivity contribution >= 4 is 60.5 Å². The summed E-state index contributed by atoms with van der Waals surface area (Å²) in [6, 6.07) is 1.77. The molecule has 0 unspecified atom stereocenters. The number of ether oxygens (including phenoxy) is 1. The third kappa shape index (κ3) is 4.78. The lowest BCUT2D eigenvalue weighted by Gasteiger charge is -2.07. The van der Waals surface area contributed by atoms with Crippen molar-refractivity contribution in [2.45, 2.75) is 20.3 Å². The molecule has 0 radical (unpaired) electrons. The molecule has 2 rings (SSSR count). The van der Waals surface area contributed by atoms with Gasteiger partial charge in [-0.3, -0.25) is 10.2 Å². The average Bonchev–Trinajstić information content (AvgIpc) is 2.97. The molecular weight excluding hydrogens is 462 g/mol. The molecule has 1 heterocycles. The van der Waals surface area contributed by atoms with Gasteiger partial charge in [-0.25, -0.2) is 4.98 Å². The molecule has 0 saturated heterocycles. The number of nitrogens with one attached hydrogen (secondary N) is 1. The maximum Gasteiger partial charge on any atom is 0.311 e. The van der Waals surface area contributed by atoms with E-state index in [4.69, 9.17) is 4.74 Å². The monoisotopic (exact) mass is 475 g/mol. The van der Waals surface area contributed by atoms with Gasteiger partial charge in [0.25, 0.3) is 0 Å². The number of hydrazone groups is 1. The highest BCUT2D eigenvalue weighted by atomic mass is 79.9. The average molecular weight is 477 g/mol. The van der Waals surface area contributed by atoms with Crippen LogP contribution < -0.4 is 5.43 Å². The molecule has 1 aromatic carbocycles. The van der Waals surface area contributed by atoms with Gasteiger partial charge in [-0.15, -0.1) is 11.3 Å². The van der Waals surface area contributed by atoms with Crippen LogP contribution in [0.1, 0.15) is 23.7 Å². The van der Waals surface area contributed by atoms with Crippen LogP contribution in [0, 0.1) is 6.92 Å². The number of hydrogen-bond acceptors (Lipinski definition) is 7. The quantitative estimate of drug-likeness (QED) is 0.370. The van der Waals surface area contributed by atoms with E-state index < -0.39 is 0 Å². The molecule has 0 bridgehead atoms. The number of aromatic nitrogens is 1. The molecule has 0 aliphatic heterocycles. The summed E-state index contributed by atoms with van der Waals surface area (Å²) < 4.78 is 6.35. The number of phenolic OH excluding ortho intramolecular Hbond substituents is 1. The van der Waals surface area contributed by atoms with Gasteiger partial charge in [0.1, 0.15) is 5.75 Å².